The van der Waals surface area contributed by atoms with E-state index in [1.165, 1.54) is 5.52 Å². The number of carbonyl (C=O) groups is 1. The lowest BCUT2D eigenvalue weighted by atomic mass is 10.1. The number of benzene rings is 1. The molecule has 3 aromatic rings. The number of fused-ring (bicyclic) bond motifs is 1. The third-order valence-corrected chi connectivity index (χ3v) is 5.50. The minimum Gasteiger partial charge on any atom is -0.481 e. The SMILES string of the molecule is CCCCC(=NC(=NC)SCC(=O)O)c1ccc(-c2ccc3c(ccn3C)c2)o1. The van der Waals surface area contributed by atoms with Crippen molar-refractivity contribution in [3.63, 3.8) is 0 Å². The number of carboxylic acid groups (broad SMARTS) is 1. The Hall–Kier alpha value is -2.80. The average Bonchev–Trinajstić information content (AvgIpc) is 3.34. The number of hydrogen-bond donors (Lipinski definition) is 1. The molecular weight excluding hydrogens is 386 g/mol. The Labute approximate surface area is 174 Å². The summed E-state index contributed by atoms with van der Waals surface area (Å²) < 4.78 is 8.22. The van der Waals surface area contributed by atoms with Crippen LogP contribution in [0.25, 0.3) is 22.2 Å². The zero-order chi connectivity index (χ0) is 20.8. The average molecular weight is 412 g/mol. The second-order valence-electron chi connectivity index (χ2n) is 6.71. The highest BCUT2D eigenvalue weighted by molar-refractivity contribution is 8.14. The number of aliphatic imine (C=N–C) groups is 2. The normalized spacial score (nSPS) is 12.7. The number of nitrogens with zero attached hydrogens (tertiary/aromatic N) is 3. The maximum atomic E-state index is 10.9. The molecule has 0 fully saturated rings. The second kappa shape index (κ2) is 9.60. The van der Waals surface area contributed by atoms with Crippen LogP contribution in [0.4, 0.5) is 0 Å². The summed E-state index contributed by atoms with van der Waals surface area (Å²) in [7, 11) is 3.65. The number of hydrogen-bond acceptors (Lipinski definition) is 4. The third kappa shape index (κ3) is 5.17. The standard InChI is InChI=1S/C22H25N3O3S/c1-4-5-6-17(24-22(23-2)29-14-21(26)27)20-10-9-19(28-20)16-7-8-18-15(13-16)11-12-25(18)3/h7-13H,4-6,14H2,1-3H3,(H,26,27). The quantitative estimate of drug-likeness (QED) is 0.427. The molecule has 0 amide bonds. The first-order chi connectivity index (χ1) is 14.0. The van der Waals surface area contributed by atoms with Gasteiger partial charge in [-0.1, -0.05) is 25.1 Å². The molecule has 0 atom stereocenters. The van der Waals surface area contributed by atoms with Gasteiger partial charge in [-0.3, -0.25) is 9.79 Å². The first-order valence-corrected chi connectivity index (χ1v) is 10.5. The fourth-order valence-corrected chi connectivity index (χ4v) is 3.61. The first kappa shape index (κ1) is 20.9. The monoisotopic (exact) mass is 411 g/mol. The van der Waals surface area contributed by atoms with Crippen molar-refractivity contribution in [2.75, 3.05) is 12.8 Å². The van der Waals surface area contributed by atoms with Crippen LogP contribution < -0.4 is 0 Å². The van der Waals surface area contributed by atoms with E-state index in [-0.39, 0.29) is 5.75 Å². The molecular formula is C22H25N3O3S. The summed E-state index contributed by atoms with van der Waals surface area (Å²) in [5.41, 5.74) is 2.97. The van der Waals surface area contributed by atoms with E-state index < -0.39 is 5.97 Å². The number of aromatic nitrogens is 1. The first-order valence-electron chi connectivity index (χ1n) is 9.56. The number of aliphatic carboxylic acids is 1. The molecule has 2 aromatic heterocycles. The molecule has 0 aliphatic carbocycles. The summed E-state index contributed by atoms with van der Waals surface area (Å²) in [4.78, 5) is 19.6. The summed E-state index contributed by atoms with van der Waals surface area (Å²) in [6.07, 6.45) is 4.77. The predicted molar refractivity (Wildman–Crippen MR) is 120 cm³/mol. The van der Waals surface area contributed by atoms with Crippen molar-refractivity contribution >= 4 is 39.5 Å². The Bertz CT molecular complexity index is 1060. The summed E-state index contributed by atoms with van der Waals surface area (Å²) in [6.45, 7) is 2.12. The van der Waals surface area contributed by atoms with Crippen LogP contribution in [-0.4, -0.2) is 39.3 Å². The summed E-state index contributed by atoms with van der Waals surface area (Å²) in [6, 6.07) is 12.2. The Morgan fingerprint density at radius 3 is 2.79 bits per heavy atom. The van der Waals surface area contributed by atoms with Gasteiger partial charge in [0.1, 0.15) is 11.5 Å². The molecule has 6 nitrogen and oxygen atoms in total. The molecule has 3 rings (SSSR count). The Morgan fingerprint density at radius 2 is 2.07 bits per heavy atom. The molecule has 2 heterocycles. The highest BCUT2D eigenvalue weighted by Gasteiger charge is 2.13. The molecule has 29 heavy (non-hydrogen) atoms. The molecule has 152 valence electrons. The number of unbranched alkanes of at least 4 members (excludes halogenated alkanes) is 1. The van der Waals surface area contributed by atoms with E-state index in [9.17, 15) is 4.79 Å². The van der Waals surface area contributed by atoms with Crippen molar-refractivity contribution in [3.05, 3.63) is 48.4 Å². The number of thioether (sulfide) groups is 1. The van der Waals surface area contributed by atoms with Gasteiger partial charge in [0, 0.05) is 36.8 Å². The highest BCUT2D eigenvalue weighted by Crippen LogP contribution is 2.27. The fourth-order valence-electron chi connectivity index (χ4n) is 3.05. The van der Waals surface area contributed by atoms with Crippen LogP contribution in [0, 0.1) is 0 Å². The van der Waals surface area contributed by atoms with E-state index in [4.69, 9.17) is 9.52 Å². The maximum Gasteiger partial charge on any atom is 0.313 e. The Balaban J connectivity index is 1.89. The van der Waals surface area contributed by atoms with Gasteiger partial charge in [0.05, 0.1) is 11.5 Å². The molecule has 7 heteroatoms. The van der Waals surface area contributed by atoms with E-state index in [1.807, 2.05) is 25.4 Å². The molecule has 0 saturated heterocycles. The molecule has 0 radical (unpaired) electrons. The third-order valence-electron chi connectivity index (χ3n) is 4.57. The minimum atomic E-state index is -0.891. The highest BCUT2D eigenvalue weighted by atomic mass is 32.2. The molecule has 0 spiro atoms. The van der Waals surface area contributed by atoms with Crippen LogP contribution in [0.2, 0.25) is 0 Å². The molecule has 0 aliphatic rings. The molecule has 0 bridgehead atoms. The van der Waals surface area contributed by atoms with Crippen LogP contribution in [0.15, 0.2) is 57.0 Å². The number of amidine groups is 1. The van der Waals surface area contributed by atoms with Crippen molar-refractivity contribution in [2.45, 2.75) is 26.2 Å². The lowest BCUT2D eigenvalue weighted by Gasteiger charge is -2.05. The Kier molecular flexibility index (Phi) is 6.93. The van der Waals surface area contributed by atoms with Crippen molar-refractivity contribution < 1.29 is 14.3 Å². The lowest BCUT2D eigenvalue weighted by Crippen LogP contribution is -2.06. The van der Waals surface area contributed by atoms with E-state index in [0.717, 1.165) is 53.4 Å². The topological polar surface area (TPSA) is 80.1 Å². The predicted octanol–water partition coefficient (Wildman–Crippen LogP) is 5.22. The van der Waals surface area contributed by atoms with Gasteiger partial charge in [0.2, 0.25) is 0 Å². The minimum absolute atomic E-state index is 0.0717. The molecule has 1 aromatic carbocycles. The second-order valence-corrected chi connectivity index (χ2v) is 7.66. The van der Waals surface area contributed by atoms with Crippen LogP contribution in [0.5, 0.6) is 0 Å². The van der Waals surface area contributed by atoms with Crippen LogP contribution >= 0.6 is 11.8 Å². The number of furan rings is 1. The largest absolute Gasteiger partial charge is 0.481 e. The van der Waals surface area contributed by atoms with Gasteiger partial charge in [-0.25, -0.2) is 4.99 Å². The van der Waals surface area contributed by atoms with E-state index in [0.29, 0.717) is 10.9 Å². The smallest absolute Gasteiger partial charge is 0.313 e. The van der Waals surface area contributed by atoms with E-state index in [1.54, 1.807) is 7.05 Å². The van der Waals surface area contributed by atoms with Gasteiger partial charge in [-0.2, -0.15) is 0 Å². The van der Waals surface area contributed by atoms with Crippen LogP contribution in [0.1, 0.15) is 31.9 Å². The molecule has 0 aliphatic heterocycles. The van der Waals surface area contributed by atoms with Crippen molar-refractivity contribution in [1.82, 2.24) is 4.57 Å². The van der Waals surface area contributed by atoms with Gasteiger partial charge in [-0.15, -0.1) is 0 Å². The van der Waals surface area contributed by atoms with Gasteiger partial charge in [0.25, 0.3) is 0 Å². The van der Waals surface area contributed by atoms with Crippen LogP contribution in [-0.2, 0) is 11.8 Å². The molecule has 0 unspecified atom stereocenters. The van der Waals surface area contributed by atoms with Gasteiger partial charge >= 0.3 is 5.97 Å². The number of carboxylic acids is 1. The summed E-state index contributed by atoms with van der Waals surface area (Å²) in [5, 5.41) is 10.5. The molecule has 1 N–H and O–H groups in total. The number of aryl methyl sites for hydroxylation is 1. The van der Waals surface area contributed by atoms with E-state index in [2.05, 4.69) is 45.7 Å². The van der Waals surface area contributed by atoms with Gasteiger partial charge < -0.3 is 14.1 Å². The van der Waals surface area contributed by atoms with Gasteiger partial charge in [0.15, 0.2) is 5.17 Å². The van der Waals surface area contributed by atoms with Crippen molar-refractivity contribution in [3.8, 4) is 11.3 Å². The molecule has 0 saturated carbocycles. The zero-order valence-electron chi connectivity index (χ0n) is 16.9. The van der Waals surface area contributed by atoms with Gasteiger partial charge in [-0.05, 0) is 49.2 Å². The lowest BCUT2D eigenvalue weighted by molar-refractivity contribution is -0.133. The van der Waals surface area contributed by atoms with Crippen molar-refractivity contribution in [2.24, 2.45) is 17.0 Å². The van der Waals surface area contributed by atoms with Crippen molar-refractivity contribution in [1.29, 1.82) is 0 Å². The maximum absolute atomic E-state index is 10.9. The number of rotatable bonds is 7. The van der Waals surface area contributed by atoms with E-state index >= 15 is 0 Å². The fraction of sp³-hybridized carbons (Fsp3) is 0.318. The zero-order valence-corrected chi connectivity index (χ0v) is 17.7. The Morgan fingerprint density at radius 1 is 1.24 bits per heavy atom. The van der Waals surface area contributed by atoms with Crippen LogP contribution in [0.3, 0.4) is 0 Å². The summed E-state index contributed by atoms with van der Waals surface area (Å²) in [5.74, 6) is 0.512. The summed E-state index contributed by atoms with van der Waals surface area (Å²) >= 11 is 1.11.